The van der Waals surface area contributed by atoms with Crippen molar-refractivity contribution in [2.45, 2.75) is 31.5 Å². The predicted octanol–water partition coefficient (Wildman–Crippen LogP) is 6.80. The summed E-state index contributed by atoms with van der Waals surface area (Å²) in [5.41, 5.74) is 2.08. The second-order valence-corrected chi connectivity index (χ2v) is 11.0. The molecule has 0 saturated heterocycles. The number of methoxy groups -OCH3 is 1. The number of ether oxygens (including phenoxy) is 3. The van der Waals surface area contributed by atoms with Gasteiger partial charge in [0.05, 0.1) is 42.9 Å². The molecule has 9 nitrogen and oxygen atoms in total. The fourth-order valence-corrected chi connectivity index (χ4v) is 6.06. The summed E-state index contributed by atoms with van der Waals surface area (Å²) >= 11 is 0. The zero-order chi connectivity index (χ0) is 32.3. The number of amides is 1. The highest BCUT2D eigenvalue weighted by Crippen LogP contribution is 2.47. The molecule has 1 amide bonds. The number of aryl methyl sites for hydroxylation is 1. The molecule has 0 spiro atoms. The van der Waals surface area contributed by atoms with Crippen molar-refractivity contribution < 1.29 is 45.8 Å². The Hall–Kier alpha value is -5.33. The first-order valence-electron chi connectivity index (χ1n) is 14.3. The molecule has 236 valence electrons. The van der Waals surface area contributed by atoms with E-state index >= 15 is 0 Å². The SMILES string of the molecule is COC(=O)C[C@@H]1COc2cc(N(C(=O)C(F)(F)F)[C@@H]3COc4c3cccc4-n3c(-c4ccc(C)o4)nc4ccc(F)cc43)ccc21. The van der Waals surface area contributed by atoms with E-state index in [0.29, 0.717) is 50.1 Å². The molecule has 5 aromatic rings. The van der Waals surface area contributed by atoms with Gasteiger partial charge in [-0.2, -0.15) is 13.2 Å². The molecule has 7 rings (SSSR count). The fraction of sp³-hybridized carbons (Fsp3) is 0.242. The first kappa shape index (κ1) is 29.4. The van der Waals surface area contributed by atoms with E-state index in [9.17, 15) is 27.2 Å². The number of para-hydroxylation sites is 1. The van der Waals surface area contributed by atoms with Crippen LogP contribution in [0, 0.1) is 12.7 Å². The summed E-state index contributed by atoms with van der Waals surface area (Å²) in [6, 6.07) is 15.6. The summed E-state index contributed by atoms with van der Waals surface area (Å²) in [6.45, 7) is 1.60. The van der Waals surface area contributed by atoms with Gasteiger partial charge in [0.15, 0.2) is 11.6 Å². The van der Waals surface area contributed by atoms with Gasteiger partial charge < -0.3 is 18.6 Å². The van der Waals surface area contributed by atoms with Crippen molar-refractivity contribution >= 4 is 28.6 Å². The molecule has 3 aromatic carbocycles. The van der Waals surface area contributed by atoms with Crippen molar-refractivity contribution in [2.24, 2.45) is 0 Å². The first-order valence-corrected chi connectivity index (χ1v) is 14.3. The summed E-state index contributed by atoms with van der Waals surface area (Å²) in [6.07, 6.45) is -5.18. The van der Waals surface area contributed by atoms with Crippen molar-refractivity contribution in [2.75, 3.05) is 25.2 Å². The number of carbonyl (C=O) groups excluding carboxylic acids is 2. The third-order valence-corrected chi connectivity index (χ3v) is 8.16. The molecule has 4 heterocycles. The van der Waals surface area contributed by atoms with Crippen molar-refractivity contribution in [1.29, 1.82) is 0 Å². The van der Waals surface area contributed by atoms with Crippen LogP contribution in [0.15, 0.2) is 71.1 Å². The zero-order valence-electron chi connectivity index (χ0n) is 24.4. The number of carbonyl (C=O) groups is 2. The van der Waals surface area contributed by atoms with Crippen LogP contribution < -0.4 is 14.4 Å². The van der Waals surface area contributed by atoms with Crippen molar-refractivity contribution in [1.82, 2.24) is 9.55 Å². The molecule has 0 N–H and O–H groups in total. The maximum Gasteiger partial charge on any atom is 0.471 e. The van der Waals surface area contributed by atoms with Crippen LogP contribution in [0.2, 0.25) is 0 Å². The minimum atomic E-state index is -5.21. The second kappa shape index (κ2) is 10.9. The van der Waals surface area contributed by atoms with Crippen LogP contribution in [-0.2, 0) is 14.3 Å². The third kappa shape index (κ3) is 4.91. The van der Waals surface area contributed by atoms with E-state index in [-0.39, 0.29) is 42.7 Å². The van der Waals surface area contributed by atoms with Gasteiger partial charge in [-0.25, -0.2) is 9.37 Å². The number of imidazole rings is 1. The zero-order valence-corrected chi connectivity index (χ0v) is 24.4. The summed E-state index contributed by atoms with van der Waals surface area (Å²) in [5, 5.41) is 0. The molecule has 0 bridgehead atoms. The minimum Gasteiger partial charge on any atom is -0.493 e. The Kier molecular flexibility index (Phi) is 6.98. The van der Waals surface area contributed by atoms with E-state index in [2.05, 4.69) is 4.98 Å². The molecule has 0 aliphatic carbocycles. The maximum absolute atomic E-state index is 14.5. The van der Waals surface area contributed by atoms with Crippen LogP contribution in [-0.4, -0.2) is 47.9 Å². The number of fused-ring (bicyclic) bond motifs is 3. The molecular weight excluding hydrogens is 610 g/mol. The molecule has 2 aliphatic rings. The van der Waals surface area contributed by atoms with Crippen LogP contribution in [0.25, 0.3) is 28.3 Å². The Morgan fingerprint density at radius 1 is 1.02 bits per heavy atom. The highest BCUT2D eigenvalue weighted by atomic mass is 19.4. The molecule has 46 heavy (non-hydrogen) atoms. The van der Waals surface area contributed by atoms with E-state index < -0.39 is 29.9 Å². The monoisotopic (exact) mass is 635 g/mol. The Balaban J connectivity index is 1.34. The average Bonchev–Trinajstić information content (AvgIpc) is 3.82. The van der Waals surface area contributed by atoms with Crippen LogP contribution in [0.4, 0.5) is 23.2 Å². The second-order valence-electron chi connectivity index (χ2n) is 11.0. The lowest BCUT2D eigenvalue weighted by Crippen LogP contribution is -2.44. The van der Waals surface area contributed by atoms with Crippen LogP contribution in [0.1, 0.15) is 35.3 Å². The lowest BCUT2D eigenvalue weighted by Gasteiger charge is -2.29. The number of hydrogen-bond acceptors (Lipinski definition) is 7. The van der Waals surface area contributed by atoms with Crippen LogP contribution in [0.3, 0.4) is 0 Å². The molecule has 13 heteroatoms. The number of hydrogen-bond donors (Lipinski definition) is 0. The summed E-state index contributed by atoms with van der Waals surface area (Å²) in [5.74, 6) is -1.60. The Morgan fingerprint density at radius 3 is 2.59 bits per heavy atom. The van der Waals surface area contributed by atoms with E-state index in [1.807, 2.05) is 0 Å². The van der Waals surface area contributed by atoms with Crippen molar-refractivity contribution in [3.8, 4) is 28.8 Å². The third-order valence-electron chi connectivity index (χ3n) is 8.16. The predicted molar refractivity (Wildman–Crippen MR) is 157 cm³/mol. The van der Waals surface area contributed by atoms with Crippen LogP contribution >= 0.6 is 0 Å². The molecule has 0 saturated carbocycles. The van der Waals surface area contributed by atoms with Gasteiger partial charge in [0.1, 0.15) is 29.7 Å². The molecule has 0 radical (unpaired) electrons. The Morgan fingerprint density at radius 2 is 1.85 bits per heavy atom. The smallest absolute Gasteiger partial charge is 0.471 e. The van der Waals surface area contributed by atoms with Crippen molar-refractivity contribution in [3.05, 3.63) is 89.4 Å². The van der Waals surface area contributed by atoms with Gasteiger partial charge >= 0.3 is 18.1 Å². The van der Waals surface area contributed by atoms with Gasteiger partial charge in [-0.15, -0.1) is 0 Å². The molecular formula is C33H25F4N3O6. The number of rotatable bonds is 6. The largest absolute Gasteiger partial charge is 0.493 e. The number of benzene rings is 3. The molecule has 2 aromatic heterocycles. The van der Waals surface area contributed by atoms with E-state index in [1.165, 1.54) is 37.4 Å². The van der Waals surface area contributed by atoms with E-state index in [1.54, 1.807) is 47.9 Å². The number of furan rings is 1. The Labute approximate surface area is 258 Å². The molecule has 2 aliphatic heterocycles. The van der Waals surface area contributed by atoms with Gasteiger partial charge in [-0.1, -0.05) is 18.2 Å². The van der Waals surface area contributed by atoms with Crippen LogP contribution in [0.5, 0.6) is 11.5 Å². The van der Waals surface area contributed by atoms with Gasteiger partial charge in [-0.05, 0) is 43.3 Å². The van der Waals surface area contributed by atoms with E-state index in [4.69, 9.17) is 18.6 Å². The van der Waals surface area contributed by atoms with E-state index in [0.717, 1.165) is 0 Å². The Bertz CT molecular complexity index is 2020. The number of alkyl halides is 3. The number of nitrogens with zero attached hydrogens (tertiary/aromatic N) is 3. The van der Waals surface area contributed by atoms with Gasteiger partial charge in [-0.3, -0.25) is 19.1 Å². The van der Waals surface area contributed by atoms with Gasteiger partial charge in [0.2, 0.25) is 0 Å². The quantitative estimate of drug-likeness (QED) is 0.150. The number of anilines is 1. The standard InChI is InChI=1S/C33H25F4N3O6/c1-17-6-11-27(46-17)31-38-23-10-7-19(34)13-25(23)40(31)24-5-3-4-22-26(16-45-30(22)24)39(32(42)33(35,36)37)20-8-9-21-18(12-29(41)43-2)15-44-28(21)14-20/h3-11,13-14,18,26H,12,15-16H2,1-2H3/t18-,26-/m1/s1. The van der Waals surface area contributed by atoms with Crippen molar-refractivity contribution in [3.63, 3.8) is 0 Å². The highest BCUT2D eigenvalue weighted by molar-refractivity contribution is 5.98. The molecule has 0 fully saturated rings. The lowest BCUT2D eigenvalue weighted by molar-refractivity contribution is -0.171. The number of aromatic nitrogens is 2. The number of esters is 1. The average molecular weight is 636 g/mol. The van der Waals surface area contributed by atoms with Gasteiger partial charge in [0.25, 0.3) is 0 Å². The highest BCUT2D eigenvalue weighted by Gasteiger charge is 2.48. The molecule has 2 atom stereocenters. The minimum absolute atomic E-state index is 0.0348. The normalized spacial score (nSPS) is 16.9. The van der Waals surface area contributed by atoms with Gasteiger partial charge in [0, 0.05) is 34.9 Å². The first-order chi connectivity index (χ1) is 22.0. The number of halogens is 4. The fourth-order valence-electron chi connectivity index (χ4n) is 6.06. The maximum atomic E-state index is 14.5. The summed E-state index contributed by atoms with van der Waals surface area (Å²) < 4.78 is 80.8. The summed E-state index contributed by atoms with van der Waals surface area (Å²) in [7, 11) is 1.27. The molecule has 0 unspecified atom stereocenters. The lowest BCUT2D eigenvalue weighted by atomic mass is 9.97. The summed E-state index contributed by atoms with van der Waals surface area (Å²) in [4.78, 5) is 30.2. The topological polar surface area (TPSA) is 96.0 Å².